The largest absolute Gasteiger partial charge is 0.470 e. The van der Waals surface area contributed by atoms with Crippen molar-refractivity contribution in [2.45, 2.75) is 12.0 Å². The minimum atomic E-state index is 0.0475. The van der Waals surface area contributed by atoms with Gasteiger partial charge in [-0.3, -0.25) is 0 Å². The summed E-state index contributed by atoms with van der Waals surface area (Å²) in [6.45, 7) is 6.83. The Bertz CT molecular complexity index is 193. The van der Waals surface area contributed by atoms with Crippen LogP contribution in [0.3, 0.4) is 0 Å². The molecule has 1 spiro atoms. The maximum absolute atomic E-state index is 5.63. The van der Waals surface area contributed by atoms with Gasteiger partial charge in [-0.25, -0.2) is 0 Å². The average Bonchev–Trinajstić information content (AvgIpc) is 2.44. The molecule has 1 unspecified atom stereocenters. The smallest absolute Gasteiger partial charge is 0.180 e. The molecule has 0 bridgehead atoms. The predicted octanol–water partition coefficient (Wildman–Crippen LogP) is 0.152. The molecule has 62 valence electrons. The molecule has 3 heteroatoms. The van der Waals surface area contributed by atoms with Gasteiger partial charge in [0.25, 0.3) is 0 Å². The fourth-order valence-corrected chi connectivity index (χ4v) is 1.87. The van der Waals surface area contributed by atoms with Crippen molar-refractivity contribution in [3.63, 3.8) is 0 Å². The number of nitrogens with one attached hydrogen (secondary N) is 1. The van der Waals surface area contributed by atoms with Crippen LogP contribution >= 0.6 is 0 Å². The van der Waals surface area contributed by atoms with E-state index in [-0.39, 0.29) is 5.60 Å². The molecule has 2 rings (SSSR count). The fourth-order valence-electron chi connectivity index (χ4n) is 1.87. The normalized spacial score (nSPS) is 37.7. The summed E-state index contributed by atoms with van der Waals surface area (Å²) in [4.78, 5) is 2.29. The zero-order valence-electron chi connectivity index (χ0n) is 6.89. The first-order valence-electron chi connectivity index (χ1n) is 4.01. The van der Waals surface area contributed by atoms with E-state index in [1.807, 2.05) is 0 Å². The van der Waals surface area contributed by atoms with E-state index in [1.54, 1.807) is 0 Å². The molecule has 0 aromatic carbocycles. The molecule has 0 aromatic rings. The number of nitrogens with zero attached hydrogens (tertiary/aromatic N) is 1. The molecule has 3 nitrogen and oxygen atoms in total. The van der Waals surface area contributed by atoms with E-state index in [2.05, 4.69) is 23.8 Å². The second-order valence-corrected chi connectivity index (χ2v) is 3.55. The van der Waals surface area contributed by atoms with Crippen LogP contribution in [0, 0.1) is 0 Å². The number of hydrogen-bond acceptors (Lipinski definition) is 3. The molecule has 1 N–H and O–H groups in total. The van der Waals surface area contributed by atoms with Gasteiger partial charge >= 0.3 is 0 Å². The molecule has 11 heavy (non-hydrogen) atoms. The van der Waals surface area contributed by atoms with Crippen molar-refractivity contribution < 1.29 is 4.74 Å². The molecule has 0 aromatic heterocycles. The first-order valence-corrected chi connectivity index (χ1v) is 4.01. The van der Waals surface area contributed by atoms with Crippen LogP contribution in [0.2, 0.25) is 0 Å². The molecule has 2 fully saturated rings. The fraction of sp³-hybridized carbons (Fsp3) is 0.750. The van der Waals surface area contributed by atoms with Gasteiger partial charge in [0.15, 0.2) is 5.88 Å². The molecule has 1 atom stereocenters. The number of likely N-dealkylation sites (N-methyl/N-ethyl adjacent to an activating group) is 1. The zero-order chi connectivity index (χ0) is 7.90. The molecule has 2 aliphatic rings. The number of hydrogen-bond donors (Lipinski definition) is 1. The Hall–Kier alpha value is -0.700. The van der Waals surface area contributed by atoms with Gasteiger partial charge in [-0.15, -0.1) is 0 Å². The van der Waals surface area contributed by atoms with Crippen LogP contribution in [0.4, 0.5) is 0 Å². The number of rotatable bonds is 0. The Morgan fingerprint density at radius 3 is 3.00 bits per heavy atom. The van der Waals surface area contributed by atoms with Gasteiger partial charge in [0.2, 0.25) is 0 Å². The van der Waals surface area contributed by atoms with Gasteiger partial charge in [0, 0.05) is 19.5 Å². The van der Waals surface area contributed by atoms with Gasteiger partial charge in [0.05, 0.1) is 6.54 Å². The predicted molar refractivity (Wildman–Crippen MR) is 43.1 cm³/mol. The summed E-state index contributed by atoms with van der Waals surface area (Å²) in [7, 11) is 2.12. The van der Waals surface area contributed by atoms with Crippen LogP contribution < -0.4 is 5.32 Å². The second kappa shape index (κ2) is 2.14. The third kappa shape index (κ3) is 1.09. The minimum Gasteiger partial charge on any atom is -0.470 e. The Morgan fingerprint density at radius 2 is 2.55 bits per heavy atom. The first kappa shape index (κ1) is 6.98. The van der Waals surface area contributed by atoms with Crippen molar-refractivity contribution in [3.8, 4) is 0 Å². The Labute approximate surface area is 67.0 Å². The van der Waals surface area contributed by atoms with E-state index in [4.69, 9.17) is 4.74 Å². The van der Waals surface area contributed by atoms with Crippen LogP contribution in [-0.4, -0.2) is 37.2 Å². The van der Waals surface area contributed by atoms with E-state index in [0.717, 1.165) is 31.9 Å². The maximum Gasteiger partial charge on any atom is 0.180 e. The van der Waals surface area contributed by atoms with Crippen LogP contribution in [0.15, 0.2) is 12.5 Å². The maximum atomic E-state index is 5.63. The summed E-state index contributed by atoms with van der Waals surface area (Å²) < 4.78 is 5.63. The van der Waals surface area contributed by atoms with E-state index in [9.17, 15) is 0 Å². The van der Waals surface area contributed by atoms with Crippen molar-refractivity contribution in [2.24, 2.45) is 0 Å². The Kier molecular flexibility index (Phi) is 1.36. The summed E-state index contributed by atoms with van der Waals surface area (Å²) in [6, 6.07) is 0. The van der Waals surface area contributed by atoms with E-state index >= 15 is 0 Å². The van der Waals surface area contributed by atoms with E-state index < -0.39 is 0 Å². The summed E-state index contributed by atoms with van der Waals surface area (Å²) in [6.07, 6.45) is 1.12. The van der Waals surface area contributed by atoms with Gasteiger partial charge < -0.3 is 15.0 Å². The minimum absolute atomic E-state index is 0.0475. The molecule has 2 saturated heterocycles. The lowest BCUT2D eigenvalue weighted by Gasteiger charge is -2.20. The SMILES string of the molecule is C=C1NCC2(CCN(C)C2)O1. The van der Waals surface area contributed by atoms with E-state index in [0.29, 0.717) is 0 Å². The van der Waals surface area contributed by atoms with E-state index in [1.165, 1.54) is 0 Å². The third-order valence-electron chi connectivity index (χ3n) is 2.45. The van der Waals surface area contributed by atoms with Gasteiger partial charge in [-0.05, 0) is 13.6 Å². The number of ether oxygens (including phenoxy) is 1. The number of likely N-dealkylation sites (tertiary alicyclic amines) is 1. The zero-order valence-corrected chi connectivity index (χ0v) is 6.89. The van der Waals surface area contributed by atoms with Gasteiger partial charge in [-0.1, -0.05) is 0 Å². The summed E-state index contributed by atoms with van der Waals surface area (Å²) in [5.41, 5.74) is 0.0475. The molecular formula is C8H14N2O. The lowest BCUT2D eigenvalue weighted by molar-refractivity contribution is 0.0608. The molecule has 2 aliphatic heterocycles. The highest BCUT2D eigenvalue weighted by Crippen LogP contribution is 2.29. The molecule has 0 saturated carbocycles. The quantitative estimate of drug-likeness (QED) is 0.537. The highest BCUT2D eigenvalue weighted by Gasteiger charge is 2.42. The van der Waals surface area contributed by atoms with Gasteiger partial charge in [0.1, 0.15) is 5.60 Å². The standard InChI is InChI=1S/C8H14N2O/c1-7-9-5-8(11-7)3-4-10(2)6-8/h9H,1,3-6H2,2H3. The van der Waals surface area contributed by atoms with Crippen molar-refractivity contribution in [2.75, 3.05) is 26.7 Å². The lowest BCUT2D eigenvalue weighted by Crippen LogP contribution is -2.35. The molecule has 0 amide bonds. The highest BCUT2D eigenvalue weighted by molar-refractivity contribution is 5.03. The molecule has 0 radical (unpaired) electrons. The second-order valence-electron chi connectivity index (χ2n) is 3.55. The molecule has 2 heterocycles. The van der Waals surface area contributed by atoms with Crippen molar-refractivity contribution >= 4 is 0 Å². The summed E-state index contributed by atoms with van der Waals surface area (Å²) in [5, 5.41) is 3.13. The highest BCUT2D eigenvalue weighted by atomic mass is 16.5. The summed E-state index contributed by atoms with van der Waals surface area (Å²) >= 11 is 0. The van der Waals surface area contributed by atoms with Crippen LogP contribution in [0.25, 0.3) is 0 Å². The van der Waals surface area contributed by atoms with Gasteiger partial charge in [-0.2, -0.15) is 0 Å². The van der Waals surface area contributed by atoms with Crippen LogP contribution in [0.5, 0.6) is 0 Å². The van der Waals surface area contributed by atoms with Crippen LogP contribution in [-0.2, 0) is 4.74 Å². The molecular weight excluding hydrogens is 140 g/mol. The average molecular weight is 154 g/mol. The first-order chi connectivity index (χ1) is 5.20. The molecule has 0 aliphatic carbocycles. The Balaban J connectivity index is 2.07. The van der Waals surface area contributed by atoms with Crippen molar-refractivity contribution in [1.29, 1.82) is 0 Å². The lowest BCUT2D eigenvalue weighted by atomic mass is 10.0. The topological polar surface area (TPSA) is 24.5 Å². The van der Waals surface area contributed by atoms with Crippen LogP contribution in [0.1, 0.15) is 6.42 Å². The Morgan fingerprint density at radius 1 is 1.73 bits per heavy atom. The van der Waals surface area contributed by atoms with Crippen molar-refractivity contribution in [3.05, 3.63) is 12.5 Å². The third-order valence-corrected chi connectivity index (χ3v) is 2.45. The monoisotopic (exact) mass is 154 g/mol. The van der Waals surface area contributed by atoms with Crippen molar-refractivity contribution in [1.82, 2.24) is 10.2 Å². The summed E-state index contributed by atoms with van der Waals surface area (Å²) in [5.74, 6) is 0.736.